The van der Waals surface area contributed by atoms with Gasteiger partial charge >= 0.3 is 0 Å². The number of benzene rings is 1. The van der Waals surface area contributed by atoms with Crippen molar-refractivity contribution in [2.75, 3.05) is 18.2 Å². The summed E-state index contributed by atoms with van der Waals surface area (Å²) in [5.74, 6) is 1.77. The Labute approximate surface area is 154 Å². The molecule has 2 unspecified atom stereocenters. The second kappa shape index (κ2) is 7.06. The Morgan fingerprint density at radius 3 is 3.00 bits per heavy atom. The van der Waals surface area contributed by atoms with Crippen LogP contribution < -0.4 is 10.1 Å². The first-order chi connectivity index (χ1) is 12.7. The fourth-order valence-electron chi connectivity index (χ4n) is 2.90. The van der Waals surface area contributed by atoms with Crippen molar-refractivity contribution in [3.63, 3.8) is 0 Å². The lowest BCUT2D eigenvalue weighted by atomic mass is 10.1. The minimum absolute atomic E-state index is 0.182. The lowest BCUT2D eigenvalue weighted by Gasteiger charge is -2.08. The second-order valence-corrected chi connectivity index (χ2v) is 7.25. The molecule has 1 aliphatic rings. The summed E-state index contributed by atoms with van der Waals surface area (Å²) in [6.45, 7) is 2.11. The van der Waals surface area contributed by atoms with E-state index in [0.717, 1.165) is 24.2 Å². The van der Waals surface area contributed by atoms with E-state index in [1.165, 1.54) is 7.11 Å². The van der Waals surface area contributed by atoms with E-state index in [0.29, 0.717) is 22.1 Å². The van der Waals surface area contributed by atoms with Gasteiger partial charge in [0.2, 0.25) is 5.65 Å². The van der Waals surface area contributed by atoms with Gasteiger partial charge in [-0.3, -0.25) is 0 Å². The quantitative estimate of drug-likeness (QED) is 0.484. The SMILES string of the molecule is CCCSc1nc(NC2CC2c2ccc(OC)c(F)c2)c2n[nH]nc2n1. The van der Waals surface area contributed by atoms with Gasteiger partial charge in [-0.15, -0.1) is 5.10 Å². The molecule has 1 aliphatic carbocycles. The molecule has 0 amide bonds. The number of hydrogen-bond donors (Lipinski definition) is 2. The maximum absolute atomic E-state index is 13.9. The van der Waals surface area contributed by atoms with Crippen LogP contribution in [0, 0.1) is 5.82 Å². The number of nitrogens with zero attached hydrogens (tertiary/aromatic N) is 4. The highest BCUT2D eigenvalue weighted by atomic mass is 32.2. The van der Waals surface area contributed by atoms with Crippen LogP contribution in [-0.4, -0.2) is 44.3 Å². The molecular weight excluding hydrogens is 355 g/mol. The van der Waals surface area contributed by atoms with Crippen LogP contribution in [0.3, 0.4) is 0 Å². The first-order valence-electron chi connectivity index (χ1n) is 8.51. The summed E-state index contributed by atoms with van der Waals surface area (Å²) in [6.07, 6.45) is 1.95. The third-order valence-corrected chi connectivity index (χ3v) is 5.37. The number of aromatic nitrogens is 5. The monoisotopic (exact) mass is 374 g/mol. The van der Waals surface area contributed by atoms with Crippen molar-refractivity contribution in [1.29, 1.82) is 0 Å². The van der Waals surface area contributed by atoms with Crippen molar-refractivity contribution in [2.45, 2.75) is 36.9 Å². The number of methoxy groups -OCH3 is 1. The van der Waals surface area contributed by atoms with Gasteiger partial charge in [-0.05, 0) is 30.5 Å². The largest absolute Gasteiger partial charge is 0.494 e. The summed E-state index contributed by atoms with van der Waals surface area (Å²) in [6, 6.07) is 5.30. The Morgan fingerprint density at radius 2 is 2.23 bits per heavy atom. The van der Waals surface area contributed by atoms with E-state index in [9.17, 15) is 4.39 Å². The number of fused-ring (bicyclic) bond motifs is 1. The summed E-state index contributed by atoms with van der Waals surface area (Å²) in [7, 11) is 1.46. The molecular formula is C17H19FN6OS. The molecule has 2 atom stereocenters. The van der Waals surface area contributed by atoms with Crippen molar-refractivity contribution in [3.05, 3.63) is 29.6 Å². The van der Waals surface area contributed by atoms with Gasteiger partial charge in [-0.2, -0.15) is 15.3 Å². The van der Waals surface area contributed by atoms with Gasteiger partial charge in [-0.25, -0.2) is 9.37 Å². The fraction of sp³-hybridized carbons (Fsp3) is 0.412. The Balaban J connectivity index is 1.53. The average Bonchev–Trinajstić information content (AvgIpc) is 3.24. The van der Waals surface area contributed by atoms with Crippen molar-refractivity contribution >= 4 is 28.7 Å². The molecule has 1 fully saturated rings. The number of aromatic amines is 1. The van der Waals surface area contributed by atoms with Crippen LogP contribution in [0.1, 0.15) is 31.2 Å². The van der Waals surface area contributed by atoms with Gasteiger partial charge in [0.15, 0.2) is 28.1 Å². The molecule has 7 nitrogen and oxygen atoms in total. The van der Waals surface area contributed by atoms with E-state index in [4.69, 9.17) is 4.74 Å². The highest BCUT2D eigenvalue weighted by Crippen LogP contribution is 2.44. The molecule has 2 aromatic heterocycles. The van der Waals surface area contributed by atoms with Gasteiger partial charge in [0.05, 0.1) is 7.11 Å². The first kappa shape index (κ1) is 17.0. The van der Waals surface area contributed by atoms with Crippen molar-refractivity contribution in [1.82, 2.24) is 25.4 Å². The molecule has 2 heterocycles. The zero-order valence-electron chi connectivity index (χ0n) is 14.5. The first-order valence-corrected chi connectivity index (χ1v) is 9.49. The molecule has 0 saturated heterocycles. The summed E-state index contributed by atoms with van der Waals surface area (Å²) in [4.78, 5) is 9.00. The summed E-state index contributed by atoms with van der Waals surface area (Å²) >= 11 is 1.60. The molecule has 2 N–H and O–H groups in total. The van der Waals surface area contributed by atoms with E-state index < -0.39 is 0 Å². The highest BCUT2D eigenvalue weighted by Gasteiger charge is 2.39. The van der Waals surface area contributed by atoms with Crippen LogP contribution in [-0.2, 0) is 0 Å². The molecule has 0 spiro atoms. The molecule has 136 valence electrons. The summed E-state index contributed by atoms with van der Waals surface area (Å²) < 4.78 is 18.9. The van der Waals surface area contributed by atoms with Gasteiger partial charge in [0.1, 0.15) is 0 Å². The molecule has 3 aromatic rings. The van der Waals surface area contributed by atoms with Crippen LogP contribution in [0.2, 0.25) is 0 Å². The molecule has 0 aliphatic heterocycles. The summed E-state index contributed by atoms with van der Waals surface area (Å²) in [5, 5.41) is 14.9. The number of halogens is 1. The lowest BCUT2D eigenvalue weighted by Crippen LogP contribution is -2.08. The number of ether oxygens (including phenoxy) is 1. The lowest BCUT2D eigenvalue weighted by molar-refractivity contribution is 0.386. The van der Waals surface area contributed by atoms with Crippen molar-refractivity contribution < 1.29 is 9.13 Å². The summed E-state index contributed by atoms with van der Waals surface area (Å²) in [5.41, 5.74) is 2.12. The molecule has 1 saturated carbocycles. The Morgan fingerprint density at radius 1 is 1.35 bits per heavy atom. The number of nitrogens with one attached hydrogen (secondary N) is 2. The van der Waals surface area contributed by atoms with Crippen LogP contribution in [0.15, 0.2) is 23.4 Å². The van der Waals surface area contributed by atoms with Gasteiger partial charge in [0, 0.05) is 17.7 Å². The molecule has 0 bridgehead atoms. The molecule has 1 aromatic carbocycles. The van der Waals surface area contributed by atoms with E-state index in [1.807, 2.05) is 6.07 Å². The number of rotatable bonds is 7. The topological polar surface area (TPSA) is 88.6 Å². The Kier molecular flexibility index (Phi) is 4.62. The van der Waals surface area contributed by atoms with E-state index >= 15 is 0 Å². The number of hydrogen-bond acceptors (Lipinski definition) is 7. The van der Waals surface area contributed by atoms with Crippen LogP contribution in [0.25, 0.3) is 11.2 Å². The van der Waals surface area contributed by atoms with E-state index in [1.54, 1.807) is 23.9 Å². The molecule has 9 heteroatoms. The zero-order chi connectivity index (χ0) is 18.1. The molecule has 26 heavy (non-hydrogen) atoms. The van der Waals surface area contributed by atoms with E-state index in [-0.39, 0.29) is 23.5 Å². The minimum Gasteiger partial charge on any atom is -0.494 e. The smallest absolute Gasteiger partial charge is 0.207 e. The maximum atomic E-state index is 13.9. The number of thioether (sulfide) groups is 1. The maximum Gasteiger partial charge on any atom is 0.207 e. The van der Waals surface area contributed by atoms with E-state index in [2.05, 4.69) is 37.6 Å². The van der Waals surface area contributed by atoms with Crippen molar-refractivity contribution in [3.8, 4) is 5.75 Å². The van der Waals surface area contributed by atoms with Crippen LogP contribution in [0.4, 0.5) is 10.2 Å². The Bertz CT molecular complexity index is 933. The third-order valence-electron chi connectivity index (χ3n) is 4.31. The minimum atomic E-state index is -0.338. The molecule has 0 radical (unpaired) electrons. The van der Waals surface area contributed by atoms with Gasteiger partial charge < -0.3 is 10.1 Å². The predicted molar refractivity (Wildman–Crippen MR) is 98.2 cm³/mol. The Hall–Kier alpha value is -2.42. The normalized spacial score (nSPS) is 18.9. The predicted octanol–water partition coefficient (Wildman–Crippen LogP) is 3.37. The van der Waals surface area contributed by atoms with Crippen LogP contribution >= 0.6 is 11.8 Å². The zero-order valence-corrected chi connectivity index (χ0v) is 15.3. The number of anilines is 1. The highest BCUT2D eigenvalue weighted by molar-refractivity contribution is 7.99. The standard InChI is InChI=1S/C17H19FN6OS/c1-3-6-26-17-20-15(14-16(21-17)23-24-22-14)19-12-8-10(12)9-4-5-13(25-2)11(18)7-9/h4-5,7,10,12H,3,6,8H2,1-2H3,(H2,19,20,21,22,23,24). The van der Waals surface area contributed by atoms with Gasteiger partial charge in [-0.1, -0.05) is 24.8 Å². The second-order valence-electron chi connectivity index (χ2n) is 6.19. The van der Waals surface area contributed by atoms with Gasteiger partial charge in [0.25, 0.3) is 0 Å². The molecule has 4 rings (SSSR count). The average molecular weight is 374 g/mol. The van der Waals surface area contributed by atoms with Crippen molar-refractivity contribution in [2.24, 2.45) is 0 Å². The third kappa shape index (κ3) is 3.31. The fourth-order valence-corrected chi connectivity index (χ4v) is 3.59. The van der Waals surface area contributed by atoms with Crippen LogP contribution in [0.5, 0.6) is 5.75 Å². The number of H-pyrrole nitrogens is 1.